The van der Waals surface area contributed by atoms with Crippen molar-refractivity contribution in [1.29, 1.82) is 0 Å². The highest BCUT2D eigenvalue weighted by Crippen LogP contribution is 2.24. The predicted octanol–water partition coefficient (Wildman–Crippen LogP) is 2.88. The van der Waals surface area contributed by atoms with Crippen molar-refractivity contribution in [3.05, 3.63) is 46.3 Å². The molecule has 1 aliphatic heterocycles. The molecular formula is C20H24BrN5O. The minimum Gasteiger partial charge on any atom is -0.369 e. The molecule has 4 rings (SSSR count). The molecule has 142 valence electrons. The lowest BCUT2D eigenvalue weighted by molar-refractivity contribution is -0.117. The minimum atomic E-state index is 0.0126. The molecule has 7 heteroatoms. The first-order valence-electron chi connectivity index (χ1n) is 9.54. The fraction of sp³-hybridized carbons (Fsp3) is 0.450. The molecule has 1 fully saturated rings. The van der Waals surface area contributed by atoms with E-state index in [-0.39, 0.29) is 5.91 Å². The zero-order chi connectivity index (χ0) is 18.6. The van der Waals surface area contributed by atoms with Crippen LogP contribution in [-0.2, 0) is 17.6 Å². The molecule has 2 aliphatic rings. The molecular weight excluding hydrogens is 406 g/mol. The molecule has 0 radical (unpaired) electrons. The molecule has 0 atom stereocenters. The Morgan fingerprint density at radius 1 is 1.04 bits per heavy atom. The average Bonchev–Trinajstić information content (AvgIpc) is 2.69. The molecule has 2 heterocycles. The van der Waals surface area contributed by atoms with Gasteiger partial charge in [-0.05, 0) is 49.9 Å². The van der Waals surface area contributed by atoms with Crippen molar-refractivity contribution in [1.82, 2.24) is 14.9 Å². The highest BCUT2D eigenvalue weighted by molar-refractivity contribution is 9.10. The highest BCUT2D eigenvalue weighted by Gasteiger charge is 2.21. The summed E-state index contributed by atoms with van der Waals surface area (Å²) in [6.45, 7) is 4.03. The van der Waals surface area contributed by atoms with Crippen molar-refractivity contribution in [3.63, 3.8) is 0 Å². The van der Waals surface area contributed by atoms with Crippen LogP contribution < -0.4 is 10.2 Å². The fourth-order valence-electron chi connectivity index (χ4n) is 3.82. The number of benzene rings is 1. The van der Waals surface area contributed by atoms with Gasteiger partial charge in [-0.2, -0.15) is 0 Å². The van der Waals surface area contributed by atoms with E-state index in [0.717, 1.165) is 61.2 Å². The normalized spacial score (nSPS) is 17.4. The second-order valence-electron chi connectivity index (χ2n) is 7.14. The van der Waals surface area contributed by atoms with Crippen LogP contribution in [-0.4, -0.2) is 53.5 Å². The van der Waals surface area contributed by atoms with E-state index in [2.05, 4.69) is 65.3 Å². The Labute approximate surface area is 168 Å². The van der Waals surface area contributed by atoms with Crippen LogP contribution in [0.5, 0.6) is 0 Å². The fourth-order valence-corrected chi connectivity index (χ4v) is 4.08. The minimum absolute atomic E-state index is 0.0126. The second-order valence-corrected chi connectivity index (χ2v) is 8.06. The molecule has 1 N–H and O–H groups in total. The summed E-state index contributed by atoms with van der Waals surface area (Å²) >= 11 is 3.48. The number of aromatic nitrogens is 2. The average molecular weight is 430 g/mol. The molecule has 1 amide bonds. The summed E-state index contributed by atoms with van der Waals surface area (Å²) in [6, 6.07) is 8.39. The van der Waals surface area contributed by atoms with Crippen molar-refractivity contribution < 1.29 is 4.79 Å². The molecule has 2 aromatic rings. The largest absolute Gasteiger partial charge is 0.369 e. The number of carbonyl (C=O) groups is 1. The molecule has 1 saturated heterocycles. The summed E-state index contributed by atoms with van der Waals surface area (Å²) in [6.07, 6.45) is 5.81. The zero-order valence-electron chi connectivity index (χ0n) is 15.3. The Balaban J connectivity index is 1.30. The molecule has 0 saturated carbocycles. The lowest BCUT2D eigenvalue weighted by Crippen LogP contribution is -2.48. The Morgan fingerprint density at radius 2 is 1.78 bits per heavy atom. The number of hydrogen-bond acceptors (Lipinski definition) is 5. The summed E-state index contributed by atoms with van der Waals surface area (Å²) < 4.78 is 1.09. The molecule has 1 aromatic carbocycles. The number of rotatable bonds is 4. The Morgan fingerprint density at radius 3 is 2.56 bits per heavy atom. The SMILES string of the molecule is O=C(CN1CCN(c2ccc(Br)cc2)CC1)Nc1ncnc2c1CCCC2. The molecule has 0 bridgehead atoms. The number of halogens is 1. The second kappa shape index (κ2) is 8.35. The maximum atomic E-state index is 12.5. The van der Waals surface area contributed by atoms with Gasteiger partial charge in [0, 0.05) is 47.6 Å². The number of anilines is 2. The Hall–Kier alpha value is -1.99. The number of hydrogen-bond donors (Lipinski definition) is 1. The van der Waals surface area contributed by atoms with Gasteiger partial charge >= 0.3 is 0 Å². The van der Waals surface area contributed by atoms with Gasteiger partial charge in [0.25, 0.3) is 0 Å². The Bertz CT molecular complexity index is 803. The maximum Gasteiger partial charge on any atom is 0.239 e. The van der Waals surface area contributed by atoms with Crippen LogP contribution in [0.3, 0.4) is 0 Å². The number of piperazine rings is 1. The summed E-state index contributed by atoms with van der Waals surface area (Å²) in [5.41, 5.74) is 3.45. The summed E-state index contributed by atoms with van der Waals surface area (Å²) in [7, 11) is 0. The van der Waals surface area contributed by atoms with Crippen LogP contribution in [0.15, 0.2) is 35.1 Å². The zero-order valence-corrected chi connectivity index (χ0v) is 16.9. The van der Waals surface area contributed by atoms with Gasteiger partial charge in [-0.3, -0.25) is 9.69 Å². The van der Waals surface area contributed by atoms with Crippen molar-refractivity contribution in [2.75, 3.05) is 42.9 Å². The number of fused-ring (bicyclic) bond motifs is 1. The van der Waals surface area contributed by atoms with Gasteiger partial charge in [0.05, 0.1) is 6.54 Å². The monoisotopic (exact) mass is 429 g/mol. The standard InChI is InChI=1S/C20H24BrN5O/c21-15-5-7-16(8-6-15)26-11-9-25(10-12-26)13-19(27)24-20-17-3-1-2-4-18(17)22-14-23-20/h5-8,14H,1-4,9-13H2,(H,22,23,24,27). The van der Waals surface area contributed by atoms with Gasteiger partial charge in [0.15, 0.2) is 0 Å². The van der Waals surface area contributed by atoms with E-state index >= 15 is 0 Å². The summed E-state index contributed by atoms with van der Waals surface area (Å²) in [5, 5.41) is 3.02. The van der Waals surface area contributed by atoms with Gasteiger partial charge in [-0.25, -0.2) is 9.97 Å². The van der Waals surface area contributed by atoms with Crippen molar-refractivity contribution in [3.8, 4) is 0 Å². The van der Waals surface area contributed by atoms with E-state index in [1.54, 1.807) is 6.33 Å². The topological polar surface area (TPSA) is 61.4 Å². The number of nitrogens with zero attached hydrogens (tertiary/aromatic N) is 4. The number of amides is 1. The van der Waals surface area contributed by atoms with Crippen molar-refractivity contribution in [2.24, 2.45) is 0 Å². The van der Waals surface area contributed by atoms with E-state index in [1.165, 1.54) is 12.1 Å². The third-order valence-electron chi connectivity index (χ3n) is 5.31. The molecule has 27 heavy (non-hydrogen) atoms. The van der Waals surface area contributed by atoms with Crippen LogP contribution in [0, 0.1) is 0 Å². The third kappa shape index (κ3) is 4.47. The van der Waals surface area contributed by atoms with Crippen LogP contribution in [0.2, 0.25) is 0 Å². The van der Waals surface area contributed by atoms with E-state index in [9.17, 15) is 4.79 Å². The molecule has 0 unspecified atom stereocenters. The van der Waals surface area contributed by atoms with Crippen LogP contribution in [0.1, 0.15) is 24.1 Å². The summed E-state index contributed by atoms with van der Waals surface area (Å²) in [4.78, 5) is 25.8. The first-order valence-corrected chi connectivity index (χ1v) is 10.3. The number of nitrogens with one attached hydrogen (secondary N) is 1. The van der Waals surface area contributed by atoms with Crippen molar-refractivity contribution >= 4 is 33.3 Å². The lowest BCUT2D eigenvalue weighted by Gasteiger charge is -2.35. The van der Waals surface area contributed by atoms with Gasteiger partial charge in [-0.1, -0.05) is 15.9 Å². The van der Waals surface area contributed by atoms with E-state index in [0.29, 0.717) is 12.4 Å². The van der Waals surface area contributed by atoms with Gasteiger partial charge < -0.3 is 10.2 Å². The van der Waals surface area contributed by atoms with Crippen LogP contribution in [0.4, 0.5) is 11.5 Å². The van der Waals surface area contributed by atoms with Gasteiger partial charge in [0.1, 0.15) is 12.1 Å². The van der Waals surface area contributed by atoms with Crippen LogP contribution in [0.25, 0.3) is 0 Å². The first kappa shape index (κ1) is 18.4. The summed E-state index contributed by atoms with van der Waals surface area (Å²) in [5.74, 6) is 0.719. The highest BCUT2D eigenvalue weighted by atomic mass is 79.9. The van der Waals surface area contributed by atoms with Crippen LogP contribution >= 0.6 is 15.9 Å². The maximum absolute atomic E-state index is 12.5. The van der Waals surface area contributed by atoms with E-state index in [1.807, 2.05) is 0 Å². The van der Waals surface area contributed by atoms with Gasteiger partial charge in [0.2, 0.25) is 5.91 Å². The van der Waals surface area contributed by atoms with E-state index < -0.39 is 0 Å². The molecule has 0 spiro atoms. The van der Waals surface area contributed by atoms with Gasteiger partial charge in [-0.15, -0.1) is 0 Å². The molecule has 6 nitrogen and oxygen atoms in total. The number of aryl methyl sites for hydroxylation is 1. The Kier molecular flexibility index (Phi) is 5.69. The first-order chi connectivity index (χ1) is 13.2. The van der Waals surface area contributed by atoms with E-state index in [4.69, 9.17) is 0 Å². The third-order valence-corrected chi connectivity index (χ3v) is 5.84. The number of carbonyl (C=O) groups excluding carboxylic acids is 1. The molecule has 1 aromatic heterocycles. The lowest BCUT2D eigenvalue weighted by atomic mass is 9.96. The quantitative estimate of drug-likeness (QED) is 0.809. The molecule has 1 aliphatic carbocycles. The van der Waals surface area contributed by atoms with Crippen molar-refractivity contribution in [2.45, 2.75) is 25.7 Å². The smallest absolute Gasteiger partial charge is 0.239 e. The predicted molar refractivity (Wildman–Crippen MR) is 110 cm³/mol.